The normalized spacial score (nSPS) is 17.6. The second kappa shape index (κ2) is 6.90. The molecule has 27 heavy (non-hydrogen) atoms. The van der Waals surface area contributed by atoms with Crippen molar-refractivity contribution in [3.8, 4) is 34.5 Å². The van der Waals surface area contributed by atoms with Gasteiger partial charge in [-0.1, -0.05) is 6.07 Å². The van der Waals surface area contributed by atoms with Crippen LogP contribution in [0.1, 0.15) is 23.5 Å². The maximum Gasteiger partial charge on any atom is 0.312 e. The third kappa shape index (κ3) is 2.89. The maximum absolute atomic E-state index is 12.3. The van der Waals surface area contributed by atoms with Crippen LogP contribution in [0.4, 0.5) is 0 Å². The van der Waals surface area contributed by atoms with Gasteiger partial charge in [-0.15, -0.1) is 0 Å². The number of carbonyl (C=O) groups is 1. The van der Waals surface area contributed by atoms with Crippen molar-refractivity contribution in [1.29, 1.82) is 0 Å². The Labute approximate surface area is 156 Å². The first-order chi connectivity index (χ1) is 13.2. The molecule has 2 heterocycles. The van der Waals surface area contributed by atoms with Crippen molar-refractivity contribution >= 4 is 5.97 Å². The van der Waals surface area contributed by atoms with Gasteiger partial charge in [-0.05, 0) is 17.7 Å². The Hall–Kier alpha value is -3.09. The van der Waals surface area contributed by atoms with Gasteiger partial charge in [0.2, 0.25) is 5.75 Å². The Balaban J connectivity index is 1.88. The van der Waals surface area contributed by atoms with Gasteiger partial charge in [0.15, 0.2) is 23.0 Å². The largest absolute Gasteiger partial charge is 0.493 e. The number of esters is 1. The van der Waals surface area contributed by atoms with Crippen LogP contribution in [0.2, 0.25) is 0 Å². The van der Waals surface area contributed by atoms with Gasteiger partial charge in [-0.2, -0.15) is 0 Å². The molecular weight excluding hydrogens is 352 g/mol. The Kier molecular flexibility index (Phi) is 4.43. The third-order valence-corrected chi connectivity index (χ3v) is 4.74. The number of fused-ring (bicyclic) bond motifs is 2. The fraction of sp³-hybridized carbons (Fsp3) is 0.350. The highest BCUT2D eigenvalue weighted by Crippen LogP contribution is 2.52. The summed E-state index contributed by atoms with van der Waals surface area (Å²) in [6, 6.07) is 7.34. The van der Waals surface area contributed by atoms with Crippen LogP contribution in [0.3, 0.4) is 0 Å². The van der Waals surface area contributed by atoms with E-state index in [9.17, 15) is 4.79 Å². The zero-order chi connectivity index (χ0) is 19.0. The molecule has 1 atom stereocenters. The molecule has 2 aromatic rings. The molecule has 2 aromatic carbocycles. The van der Waals surface area contributed by atoms with Crippen LogP contribution in [0, 0.1) is 0 Å². The zero-order valence-electron chi connectivity index (χ0n) is 15.4. The van der Waals surface area contributed by atoms with Crippen molar-refractivity contribution in [2.24, 2.45) is 0 Å². The quantitative estimate of drug-likeness (QED) is 0.603. The average Bonchev–Trinajstić information content (AvgIpc) is 2.71. The van der Waals surface area contributed by atoms with Crippen LogP contribution in [-0.2, 0) is 4.79 Å². The molecule has 0 amide bonds. The van der Waals surface area contributed by atoms with Gasteiger partial charge in [-0.25, -0.2) is 0 Å². The molecule has 142 valence electrons. The topological polar surface area (TPSA) is 72.5 Å². The van der Waals surface area contributed by atoms with Crippen LogP contribution >= 0.6 is 0 Å². The Morgan fingerprint density at radius 1 is 0.889 bits per heavy atom. The lowest BCUT2D eigenvalue weighted by Crippen LogP contribution is -2.22. The van der Waals surface area contributed by atoms with Gasteiger partial charge in [-0.3, -0.25) is 4.79 Å². The van der Waals surface area contributed by atoms with Crippen molar-refractivity contribution in [2.75, 3.05) is 34.5 Å². The van der Waals surface area contributed by atoms with E-state index in [2.05, 4.69) is 0 Å². The molecule has 0 aliphatic carbocycles. The molecule has 0 saturated heterocycles. The average molecular weight is 372 g/mol. The zero-order valence-corrected chi connectivity index (χ0v) is 15.4. The monoisotopic (exact) mass is 372 g/mol. The standard InChI is InChI=1S/C20H20O7/c1-22-16-10-15-18(20(24-3)19(16)23-2)12(9-17(21)27-15)11-4-5-13-14(8-11)26-7-6-25-13/h4-5,8,10,12H,6-7,9H2,1-3H3. The third-order valence-electron chi connectivity index (χ3n) is 4.74. The molecule has 0 bridgehead atoms. The summed E-state index contributed by atoms with van der Waals surface area (Å²) in [5.74, 6) is 2.55. The number of rotatable bonds is 4. The van der Waals surface area contributed by atoms with Gasteiger partial charge in [0.25, 0.3) is 0 Å². The maximum atomic E-state index is 12.3. The van der Waals surface area contributed by atoms with Crippen molar-refractivity contribution < 1.29 is 33.2 Å². The van der Waals surface area contributed by atoms with E-state index in [-0.39, 0.29) is 18.3 Å². The first-order valence-electron chi connectivity index (χ1n) is 8.59. The summed E-state index contributed by atoms with van der Waals surface area (Å²) in [6.07, 6.45) is 0.179. The molecule has 0 fully saturated rings. The molecule has 4 rings (SSSR count). The fourth-order valence-corrected chi connectivity index (χ4v) is 3.56. The number of ether oxygens (including phenoxy) is 6. The van der Waals surface area contributed by atoms with Crippen LogP contribution in [0.25, 0.3) is 0 Å². The van der Waals surface area contributed by atoms with Gasteiger partial charge < -0.3 is 28.4 Å². The van der Waals surface area contributed by atoms with E-state index in [4.69, 9.17) is 28.4 Å². The number of methoxy groups -OCH3 is 3. The van der Waals surface area contributed by atoms with E-state index in [0.29, 0.717) is 47.7 Å². The second-order valence-corrected chi connectivity index (χ2v) is 6.19. The summed E-state index contributed by atoms with van der Waals surface area (Å²) in [6.45, 7) is 1.02. The number of hydrogen-bond donors (Lipinski definition) is 0. The lowest BCUT2D eigenvalue weighted by molar-refractivity contribution is -0.135. The Bertz CT molecular complexity index is 890. The van der Waals surface area contributed by atoms with Crippen molar-refractivity contribution in [3.63, 3.8) is 0 Å². The van der Waals surface area contributed by atoms with Crippen molar-refractivity contribution in [3.05, 3.63) is 35.4 Å². The molecule has 1 unspecified atom stereocenters. The molecule has 0 aromatic heterocycles. The van der Waals surface area contributed by atoms with Gasteiger partial charge >= 0.3 is 5.97 Å². The Morgan fingerprint density at radius 2 is 1.63 bits per heavy atom. The van der Waals surface area contributed by atoms with Gasteiger partial charge in [0, 0.05) is 17.5 Å². The molecule has 0 spiro atoms. The van der Waals surface area contributed by atoms with Crippen LogP contribution in [-0.4, -0.2) is 40.5 Å². The van der Waals surface area contributed by atoms with Crippen LogP contribution < -0.4 is 28.4 Å². The molecule has 2 aliphatic rings. The minimum absolute atomic E-state index is 0.179. The second-order valence-electron chi connectivity index (χ2n) is 6.19. The number of carbonyl (C=O) groups excluding carboxylic acids is 1. The lowest BCUT2D eigenvalue weighted by atomic mass is 9.85. The van der Waals surface area contributed by atoms with Gasteiger partial charge in [0.1, 0.15) is 19.0 Å². The summed E-state index contributed by atoms with van der Waals surface area (Å²) < 4.78 is 33.2. The van der Waals surface area contributed by atoms with Crippen molar-refractivity contribution in [1.82, 2.24) is 0 Å². The summed E-state index contributed by atoms with van der Waals surface area (Å²) in [4.78, 5) is 12.3. The smallest absolute Gasteiger partial charge is 0.312 e. The summed E-state index contributed by atoms with van der Waals surface area (Å²) in [5.41, 5.74) is 1.65. The predicted molar refractivity (Wildman–Crippen MR) is 95.6 cm³/mol. The summed E-state index contributed by atoms with van der Waals surface area (Å²) in [7, 11) is 4.61. The molecule has 0 radical (unpaired) electrons. The lowest BCUT2D eigenvalue weighted by Gasteiger charge is -2.29. The van der Waals surface area contributed by atoms with E-state index in [1.165, 1.54) is 7.11 Å². The SMILES string of the molecule is COc1cc2c(c(OC)c1OC)C(c1ccc3c(c1)OCCO3)CC(=O)O2. The minimum Gasteiger partial charge on any atom is -0.493 e. The van der Waals surface area contributed by atoms with E-state index in [1.807, 2.05) is 18.2 Å². The molecule has 7 nitrogen and oxygen atoms in total. The highest BCUT2D eigenvalue weighted by Gasteiger charge is 2.35. The summed E-state index contributed by atoms with van der Waals surface area (Å²) >= 11 is 0. The summed E-state index contributed by atoms with van der Waals surface area (Å²) in [5, 5.41) is 0. The highest BCUT2D eigenvalue weighted by atomic mass is 16.6. The number of benzene rings is 2. The molecule has 0 N–H and O–H groups in total. The van der Waals surface area contributed by atoms with Crippen LogP contribution in [0.5, 0.6) is 34.5 Å². The first-order valence-corrected chi connectivity index (χ1v) is 8.59. The van der Waals surface area contributed by atoms with Gasteiger partial charge in [0.05, 0.1) is 27.8 Å². The van der Waals surface area contributed by atoms with Crippen LogP contribution in [0.15, 0.2) is 24.3 Å². The van der Waals surface area contributed by atoms with E-state index in [0.717, 1.165) is 11.1 Å². The highest BCUT2D eigenvalue weighted by molar-refractivity contribution is 5.80. The van der Waals surface area contributed by atoms with E-state index in [1.54, 1.807) is 20.3 Å². The molecule has 0 saturated carbocycles. The van der Waals surface area contributed by atoms with Crippen molar-refractivity contribution in [2.45, 2.75) is 12.3 Å². The van der Waals surface area contributed by atoms with E-state index >= 15 is 0 Å². The first kappa shape index (κ1) is 17.3. The minimum atomic E-state index is -0.323. The molecule has 2 aliphatic heterocycles. The molecule has 7 heteroatoms. The Morgan fingerprint density at radius 3 is 2.33 bits per heavy atom. The predicted octanol–water partition coefficient (Wildman–Crippen LogP) is 2.92. The molecular formula is C20H20O7. The number of hydrogen-bond acceptors (Lipinski definition) is 7. The fourth-order valence-electron chi connectivity index (χ4n) is 3.56. The van der Waals surface area contributed by atoms with E-state index < -0.39 is 0 Å².